The van der Waals surface area contributed by atoms with Gasteiger partial charge in [0.2, 0.25) is 0 Å². The van der Waals surface area contributed by atoms with Gasteiger partial charge in [-0.1, -0.05) is 33.1 Å². The number of aliphatic hydroxyl groups is 1. The summed E-state index contributed by atoms with van der Waals surface area (Å²) in [6, 6.07) is 0. The van der Waals surface area contributed by atoms with Crippen molar-refractivity contribution in [3.8, 4) is 0 Å². The fraction of sp³-hybridized carbons (Fsp3) is 1.00. The molecule has 3 rings (SSSR count). The fourth-order valence-electron chi connectivity index (χ4n) is 5.66. The zero-order valence-electron chi connectivity index (χ0n) is 13.0. The monoisotopic (exact) mass is 265 g/mol. The Bertz CT molecular complexity index is 332. The van der Waals surface area contributed by atoms with Crippen molar-refractivity contribution >= 4 is 0 Å². The normalized spacial score (nSPS) is 44.2. The Morgan fingerprint density at radius 3 is 2.32 bits per heavy atom. The molecule has 2 saturated carbocycles. The van der Waals surface area contributed by atoms with Crippen molar-refractivity contribution in [2.45, 2.75) is 64.4 Å². The third-order valence-corrected chi connectivity index (χ3v) is 6.67. The van der Waals surface area contributed by atoms with Gasteiger partial charge in [-0.15, -0.1) is 0 Å². The summed E-state index contributed by atoms with van der Waals surface area (Å²) in [5, 5.41) is 11.7. The smallest absolute Gasteiger partial charge is 0.0758 e. The van der Waals surface area contributed by atoms with E-state index < -0.39 is 0 Å². The SMILES string of the molecule is CN1CCC(C2(O)C3CCCCC3CC2(C)C)CC1. The molecule has 0 aromatic rings. The summed E-state index contributed by atoms with van der Waals surface area (Å²) in [6.07, 6.45) is 9.01. The summed E-state index contributed by atoms with van der Waals surface area (Å²) >= 11 is 0. The van der Waals surface area contributed by atoms with Crippen LogP contribution in [0.25, 0.3) is 0 Å². The molecule has 0 spiro atoms. The van der Waals surface area contributed by atoms with E-state index in [-0.39, 0.29) is 11.0 Å². The lowest BCUT2D eigenvalue weighted by atomic mass is 9.62. The first kappa shape index (κ1) is 13.9. The Kier molecular flexibility index (Phi) is 3.46. The number of hydrogen-bond donors (Lipinski definition) is 1. The second-order valence-electron chi connectivity index (χ2n) is 8.14. The van der Waals surface area contributed by atoms with Crippen LogP contribution in [0.4, 0.5) is 0 Å². The Hall–Kier alpha value is -0.0800. The van der Waals surface area contributed by atoms with Crippen LogP contribution in [-0.2, 0) is 0 Å². The minimum Gasteiger partial charge on any atom is -0.389 e. The van der Waals surface area contributed by atoms with Crippen molar-refractivity contribution in [1.82, 2.24) is 4.90 Å². The molecule has 2 aliphatic carbocycles. The molecule has 0 radical (unpaired) electrons. The van der Waals surface area contributed by atoms with E-state index >= 15 is 0 Å². The van der Waals surface area contributed by atoms with Crippen LogP contribution in [-0.4, -0.2) is 35.7 Å². The number of fused-ring (bicyclic) bond motifs is 1. The Balaban J connectivity index is 1.86. The predicted octanol–water partition coefficient (Wildman–Crippen LogP) is 3.30. The van der Waals surface area contributed by atoms with Gasteiger partial charge in [0.15, 0.2) is 0 Å². The maximum Gasteiger partial charge on any atom is 0.0758 e. The Labute approximate surface area is 118 Å². The highest BCUT2D eigenvalue weighted by Crippen LogP contribution is 2.61. The largest absolute Gasteiger partial charge is 0.389 e. The number of hydrogen-bond acceptors (Lipinski definition) is 2. The minimum absolute atomic E-state index is 0.118. The molecule has 1 aliphatic heterocycles. The van der Waals surface area contributed by atoms with Gasteiger partial charge in [0.1, 0.15) is 0 Å². The molecule has 3 atom stereocenters. The van der Waals surface area contributed by atoms with Crippen molar-refractivity contribution in [2.75, 3.05) is 20.1 Å². The lowest BCUT2D eigenvalue weighted by Gasteiger charge is -2.50. The third kappa shape index (κ3) is 2.06. The van der Waals surface area contributed by atoms with E-state index in [0.717, 1.165) is 5.92 Å². The minimum atomic E-state index is -0.390. The van der Waals surface area contributed by atoms with Crippen molar-refractivity contribution in [2.24, 2.45) is 23.2 Å². The molecule has 1 N–H and O–H groups in total. The lowest BCUT2D eigenvalue weighted by molar-refractivity contribution is -0.141. The van der Waals surface area contributed by atoms with Gasteiger partial charge in [-0.3, -0.25) is 0 Å². The number of piperidine rings is 1. The second-order valence-corrected chi connectivity index (χ2v) is 8.14. The van der Waals surface area contributed by atoms with Crippen molar-refractivity contribution in [3.63, 3.8) is 0 Å². The van der Waals surface area contributed by atoms with E-state index in [9.17, 15) is 5.11 Å². The van der Waals surface area contributed by atoms with Crippen LogP contribution in [0.3, 0.4) is 0 Å². The first-order valence-corrected chi connectivity index (χ1v) is 8.36. The first-order chi connectivity index (χ1) is 8.95. The summed E-state index contributed by atoms with van der Waals surface area (Å²) in [6.45, 7) is 7.01. The van der Waals surface area contributed by atoms with Crippen LogP contribution in [0.2, 0.25) is 0 Å². The molecule has 1 saturated heterocycles. The molecular formula is C17H31NO. The second kappa shape index (κ2) is 4.73. The number of nitrogens with zero attached hydrogens (tertiary/aromatic N) is 1. The van der Waals surface area contributed by atoms with Gasteiger partial charge in [0, 0.05) is 0 Å². The lowest BCUT2D eigenvalue weighted by Crippen LogP contribution is -2.54. The van der Waals surface area contributed by atoms with Gasteiger partial charge in [-0.25, -0.2) is 0 Å². The molecule has 110 valence electrons. The van der Waals surface area contributed by atoms with E-state index in [1.54, 1.807) is 0 Å². The molecule has 0 aromatic carbocycles. The quantitative estimate of drug-likeness (QED) is 0.786. The highest BCUT2D eigenvalue weighted by Gasteiger charge is 2.61. The van der Waals surface area contributed by atoms with Gasteiger partial charge in [-0.05, 0) is 69.0 Å². The molecule has 0 amide bonds. The summed E-state index contributed by atoms with van der Waals surface area (Å²) in [5.41, 5.74) is -0.271. The average Bonchev–Trinajstić information content (AvgIpc) is 2.59. The zero-order chi connectivity index (χ0) is 13.7. The van der Waals surface area contributed by atoms with E-state index in [1.807, 2.05) is 0 Å². The van der Waals surface area contributed by atoms with E-state index in [1.165, 1.54) is 58.0 Å². The molecule has 19 heavy (non-hydrogen) atoms. The Morgan fingerprint density at radius 2 is 1.63 bits per heavy atom. The van der Waals surface area contributed by atoms with Gasteiger partial charge in [0.25, 0.3) is 0 Å². The molecule has 2 heteroatoms. The van der Waals surface area contributed by atoms with Crippen molar-refractivity contribution in [3.05, 3.63) is 0 Å². The summed E-state index contributed by atoms with van der Waals surface area (Å²) in [4.78, 5) is 2.42. The van der Waals surface area contributed by atoms with Crippen molar-refractivity contribution < 1.29 is 5.11 Å². The topological polar surface area (TPSA) is 23.5 Å². The van der Waals surface area contributed by atoms with Crippen LogP contribution in [0.5, 0.6) is 0 Å². The van der Waals surface area contributed by atoms with Crippen LogP contribution in [0.15, 0.2) is 0 Å². The first-order valence-electron chi connectivity index (χ1n) is 8.36. The maximum absolute atomic E-state index is 11.7. The predicted molar refractivity (Wildman–Crippen MR) is 79.0 cm³/mol. The molecule has 3 aliphatic rings. The highest BCUT2D eigenvalue weighted by atomic mass is 16.3. The summed E-state index contributed by atoms with van der Waals surface area (Å²) in [7, 11) is 2.21. The van der Waals surface area contributed by atoms with E-state index in [2.05, 4.69) is 25.8 Å². The molecule has 0 aromatic heterocycles. The third-order valence-electron chi connectivity index (χ3n) is 6.67. The molecule has 3 fully saturated rings. The zero-order valence-corrected chi connectivity index (χ0v) is 13.0. The average molecular weight is 265 g/mol. The van der Waals surface area contributed by atoms with Gasteiger partial charge in [-0.2, -0.15) is 0 Å². The molecule has 1 heterocycles. The maximum atomic E-state index is 11.7. The Morgan fingerprint density at radius 1 is 1.00 bits per heavy atom. The fourth-order valence-corrected chi connectivity index (χ4v) is 5.66. The van der Waals surface area contributed by atoms with Gasteiger partial charge < -0.3 is 10.0 Å². The van der Waals surface area contributed by atoms with Crippen LogP contribution in [0.1, 0.15) is 58.8 Å². The summed E-state index contributed by atoms with van der Waals surface area (Å²) < 4.78 is 0. The molecule has 0 bridgehead atoms. The van der Waals surface area contributed by atoms with Gasteiger partial charge >= 0.3 is 0 Å². The molecular weight excluding hydrogens is 234 g/mol. The standard InChI is InChI=1S/C17H31NO/c1-16(2)12-13-6-4-5-7-15(13)17(16,19)14-8-10-18(3)11-9-14/h13-15,19H,4-12H2,1-3H3. The van der Waals surface area contributed by atoms with E-state index in [0.29, 0.717) is 11.8 Å². The molecule has 2 nitrogen and oxygen atoms in total. The highest BCUT2D eigenvalue weighted by molar-refractivity contribution is 5.11. The number of likely N-dealkylation sites (tertiary alicyclic amines) is 1. The van der Waals surface area contributed by atoms with Crippen LogP contribution >= 0.6 is 0 Å². The van der Waals surface area contributed by atoms with E-state index in [4.69, 9.17) is 0 Å². The van der Waals surface area contributed by atoms with Crippen LogP contribution in [0, 0.1) is 23.2 Å². The van der Waals surface area contributed by atoms with Gasteiger partial charge in [0.05, 0.1) is 5.60 Å². The van der Waals surface area contributed by atoms with Crippen LogP contribution < -0.4 is 0 Å². The van der Waals surface area contributed by atoms with Crippen molar-refractivity contribution in [1.29, 1.82) is 0 Å². The number of rotatable bonds is 1. The summed E-state index contributed by atoms with van der Waals surface area (Å²) in [5.74, 6) is 1.92. The molecule has 3 unspecified atom stereocenters.